The predicted octanol–water partition coefficient (Wildman–Crippen LogP) is 3.43. The summed E-state index contributed by atoms with van der Waals surface area (Å²) in [6.45, 7) is 2.66. The molecular formula is C18H19N3OS. The molecule has 0 atom stereocenters. The summed E-state index contributed by atoms with van der Waals surface area (Å²) in [6.07, 6.45) is 0.820. The molecule has 1 aromatic carbocycles. The molecule has 1 amide bonds. The lowest BCUT2D eigenvalue weighted by atomic mass is 10.1. The summed E-state index contributed by atoms with van der Waals surface area (Å²) in [5.41, 5.74) is 3.91. The maximum atomic E-state index is 12.2. The van der Waals surface area contributed by atoms with E-state index in [9.17, 15) is 4.79 Å². The highest BCUT2D eigenvalue weighted by atomic mass is 32.1. The molecule has 0 bridgehead atoms. The zero-order valence-electron chi connectivity index (χ0n) is 13.2. The molecule has 0 saturated carbocycles. The number of benzene rings is 1. The summed E-state index contributed by atoms with van der Waals surface area (Å²) < 4.78 is 2.08. The van der Waals surface area contributed by atoms with Crippen molar-refractivity contribution in [2.45, 2.75) is 13.3 Å². The number of hydrogen-bond acceptors (Lipinski definition) is 3. The summed E-state index contributed by atoms with van der Waals surface area (Å²) in [7, 11) is 2.01. The smallest absolute Gasteiger partial charge is 0.270 e. The molecule has 0 radical (unpaired) electrons. The average molecular weight is 325 g/mol. The van der Waals surface area contributed by atoms with Crippen molar-refractivity contribution < 1.29 is 4.79 Å². The standard InChI is InChI=1S/C18H19N3OS/c1-13-8-9-16(21(13)2)18-20-15(12-23-18)17(22)19-11-10-14-6-4-3-5-7-14/h3-9,12H,10-11H2,1-2H3,(H,19,22). The molecule has 4 nitrogen and oxygen atoms in total. The van der Waals surface area contributed by atoms with Crippen LogP contribution in [0.4, 0.5) is 0 Å². The number of aromatic nitrogens is 2. The van der Waals surface area contributed by atoms with Gasteiger partial charge >= 0.3 is 0 Å². The Morgan fingerprint density at radius 1 is 1.22 bits per heavy atom. The molecule has 2 heterocycles. The number of rotatable bonds is 5. The average Bonchev–Trinajstić information content (AvgIpc) is 3.16. The van der Waals surface area contributed by atoms with Crippen molar-refractivity contribution in [2.24, 2.45) is 7.05 Å². The Morgan fingerprint density at radius 3 is 2.70 bits per heavy atom. The quantitative estimate of drug-likeness (QED) is 0.781. The molecule has 0 spiro atoms. The zero-order valence-corrected chi connectivity index (χ0v) is 14.1. The van der Waals surface area contributed by atoms with Gasteiger partial charge in [-0.2, -0.15) is 0 Å². The Morgan fingerprint density at radius 2 is 2.00 bits per heavy atom. The minimum atomic E-state index is -0.116. The predicted molar refractivity (Wildman–Crippen MR) is 93.7 cm³/mol. The second-order valence-electron chi connectivity index (χ2n) is 5.45. The first-order valence-corrected chi connectivity index (χ1v) is 8.43. The van der Waals surface area contributed by atoms with Gasteiger partial charge in [0, 0.05) is 24.7 Å². The molecule has 1 N–H and O–H groups in total. The van der Waals surface area contributed by atoms with Crippen molar-refractivity contribution in [3.63, 3.8) is 0 Å². The first-order valence-electron chi connectivity index (χ1n) is 7.55. The fourth-order valence-corrected chi connectivity index (χ4v) is 3.24. The first kappa shape index (κ1) is 15.5. The molecule has 118 valence electrons. The molecule has 0 saturated heterocycles. The van der Waals surface area contributed by atoms with Gasteiger partial charge in [-0.05, 0) is 31.0 Å². The molecule has 2 aromatic heterocycles. The molecule has 0 aliphatic carbocycles. The Balaban J connectivity index is 1.61. The van der Waals surface area contributed by atoms with Crippen molar-refractivity contribution >= 4 is 17.2 Å². The van der Waals surface area contributed by atoms with Crippen LogP contribution in [0.5, 0.6) is 0 Å². The van der Waals surface area contributed by atoms with Crippen LogP contribution in [0.15, 0.2) is 47.8 Å². The van der Waals surface area contributed by atoms with Gasteiger partial charge in [-0.15, -0.1) is 11.3 Å². The molecule has 0 aliphatic rings. The lowest BCUT2D eigenvalue weighted by molar-refractivity contribution is 0.0950. The monoisotopic (exact) mass is 325 g/mol. The lowest BCUT2D eigenvalue weighted by Gasteiger charge is -2.03. The van der Waals surface area contributed by atoms with E-state index in [0.29, 0.717) is 12.2 Å². The minimum absolute atomic E-state index is 0.116. The SMILES string of the molecule is Cc1ccc(-c2nc(C(=O)NCCc3ccccc3)cs2)n1C. The number of carbonyl (C=O) groups is 1. The summed E-state index contributed by atoms with van der Waals surface area (Å²) in [4.78, 5) is 16.7. The van der Waals surface area contributed by atoms with Crippen LogP contribution >= 0.6 is 11.3 Å². The fourth-order valence-electron chi connectivity index (χ4n) is 2.38. The van der Waals surface area contributed by atoms with E-state index < -0.39 is 0 Å². The molecule has 5 heteroatoms. The van der Waals surface area contributed by atoms with Gasteiger partial charge in [-0.3, -0.25) is 4.79 Å². The van der Waals surface area contributed by atoms with Crippen LogP contribution < -0.4 is 5.32 Å². The van der Waals surface area contributed by atoms with E-state index in [1.165, 1.54) is 22.6 Å². The molecule has 3 aromatic rings. The lowest BCUT2D eigenvalue weighted by Crippen LogP contribution is -2.25. The van der Waals surface area contributed by atoms with Gasteiger partial charge < -0.3 is 9.88 Å². The van der Waals surface area contributed by atoms with E-state index in [0.717, 1.165) is 17.1 Å². The highest BCUT2D eigenvalue weighted by Gasteiger charge is 2.13. The molecule has 0 fully saturated rings. The van der Waals surface area contributed by atoms with Gasteiger partial charge in [0.05, 0.1) is 5.69 Å². The Hall–Kier alpha value is -2.40. The third-order valence-corrected chi connectivity index (χ3v) is 4.74. The third kappa shape index (κ3) is 3.51. The Kier molecular flexibility index (Phi) is 4.57. The number of aryl methyl sites for hydroxylation is 1. The molecule has 23 heavy (non-hydrogen) atoms. The molecule has 0 unspecified atom stereocenters. The van der Waals surface area contributed by atoms with E-state index >= 15 is 0 Å². The van der Waals surface area contributed by atoms with Crippen LogP contribution in [-0.2, 0) is 13.5 Å². The summed E-state index contributed by atoms with van der Waals surface area (Å²) in [5.74, 6) is -0.116. The maximum absolute atomic E-state index is 12.2. The zero-order chi connectivity index (χ0) is 16.2. The largest absolute Gasteiger partial charge is 0.350 e. The van der Waals surface area contributed by atoms with E-state index in [2.05, 4.69) is 33.1 Å². The normalized spacial score (nSPS) is 10.7. The van der Waals surface area contributed by atoms with Crippen LogP contribution in [0, 0.1) is 6.92 Å². The number of thiazole rings is 1. The topological polar surface area (TPSA) is 46.9 Å². The number of hydrogen-bond donors (Lipinski definition) is 1. The molecular weight excluding hydrogens is 306 g/mol. The van der Waals surface area contributed by atoms with Crippen molar-refractivity contribution in [3.8, 4) is 10.7 Å². The molecule has 0 aliphatic heterocycles. The van der Waals surface area contributed by atoms with Gasteiger partial charge in [0.25, 0.3) is 5.91 Å². The van der Waals surface area contributed by atoms with E-state index in [-0.39, 0.29) is 5.91 Å². The number of nitrogens with one attached hydrogen (secondary N) is 1. The van der Waals surface area contributed by atoms with Gasteiger partial charge in [0.15, 0.2) is 0 Å². The Labute approximate surface area is 139 Å². The fraction of sp³-hybridized carbons (Fsp3) is 0.222. The van der Waals surface area contributed by atoms with Crippen LogP contribution in [0.3, 0.4) is 0 Å². The minimum Gasteiger partial charge on any atom is -0.350 e. The number of carbonyl (C=O) groups excluding carboxylic acids is 1. The van der Waals surface area contributed by atoms with Crippen LogP contribution in [0.25, 0.3) is 10.7 Å². The van der Waals surface area contributed by atoms with E-state index in [1.54, 1.807) is 0 Å². The molecule has 3 rings (SSSR count). The Bertz CT molecular complexity index is 805. The highest BCUT2D eigenvalue weighted by Crippen LogP contribution is 2.25. The van der Waals surface area contributed by atoms with E-state index in [1.807, 2.05) is 43.6 Å². The third-order valence-electron chi connectivity index (χ3n) is 3.87. The van der Waals surface area contributed by atoms with Gasteiger partial charge in [0.2, 0.25) is 0 Å². The summed E-state index contributed by atoms with van der Waals surface area (Å²) in [5, 5.41) is 5.61. The highest BCUT2D eigenvalue weighted by molar-refractivity contribution is 7.13. The second-order valence-corrected chi connectivity index (χ2v) is 6.31. The van der Waals surface area contributed by atoms with Crippen LogP contribution in [0.2, 0.25) is 0 Å². The second kappa shape index (κ2) is 6.79. The van der Waals surface area contributed by atoms with E-state index in [4.69, 9.17) is 0 Å². The van der Waals surface area contributed by atoms with Crippen molar-refractivity contribution in [2.75, 3.05) is 6.54 Å². The van der Waals surface area contributed by atoms with Gasteiger partial charge in [-0.1, -0.05) is 30.3 Å². The summed E-state index contributed by atoms with van der Waals surface area (Å²) in [6, 6.07) is 14.2. The van der Waals surface area contributed by atoms with Crippen molar-refractivity contribution in [1.29, 1.82) is 0 Å². The van der Waals surface area contributed by atoms with Crippen LogP contribution in [0.1, 0.15) is 21.7 Å². The van der Waals surface area contributed by atoms with Crippen molar-refractivity contribution in [1.82, 2.24) is 14.9 Å². The van der Waals surface area contributed by atoms with Gasteiger partial charge in [0.1, 0.15) is 10.7 Å². The van der Waals surface area contributed by atoms with Gasteiger partial charge in [-0.25, -0.2) is 4.98 Å². The number of amides is 1. The summed E-state index contributed by atoms with van der Waals surface area (Å²) >= 11 is 1.50. The maximum Gasteiger partial charge on any atom is 0.270 e. The van der Waals surface area contributed by atoms with Crippen LogP contribution in [-0.4, -0.2) is 22.0 Å². The number of nitrogens with zero attached hydrogens (tertiary/aromatic N) is 2. The first-order chi connectivity index (χ1) is 11.1. The van der Waals surface area contributed by atoms with Crippen molar-refractivity contribution in [3.05, 3.63) is 64.8 Å².